The molecular weight excluding hydrogens is 388 g/mol. The second kappa shape index (κ2) is 10.8. The molecule has 1 aromatic rings. The van der Waals surface area contributed by atoms with Crippen molar-refractivity contribution in [1.82, 2.24) is 0 Å². The summed E-state index contributed by atoms with van der Waals surface area (Å²) in [5.41, 5.74) is 12.0. The first-order chi connectivity index (χ1) is 12.2. The molecule has 0 amide bonds. The van der Waals surface area contributed by atoms with Gasteiger partial charge < -0.3 is 26.4 Å². The zero-order valence-electron chi connectivity index (χ0n) is 16.3. The van der Waals surface area contributed by atoms with Crippen LogP contribution in [0, 0.1) is 0 Å². The van der Waals surface area contributed by atoms with Gasteiger partial charge >= 0.3 is 11.9 Å². The van der Waals surface area contributed by atoms with E-state index in [1.54, 1.807) is 21.0 Å². The molecule has 27 heavy (non-hydrogen) atoms. The Morgan fingerprint density at radius 1 is 1.07 bits per heavy atom. The van der Waals surface area contributed by atoms with Crippen molar-refractivity contribution < 1.29 is 24.5 Å². The third kappa shape index (κ3) is 9.37. The van der Waals surface area contributed by atoms with Gasteiger partial charge in [-0.2, -0.15) is 12.6 Å². The number of carbonyl (C=O) groups is 2. The quantitative estimate of drug-likeness (QED) is 0.406. The number of ether oxygens (including phenoxy) is 1. The highest BCUT2D eigenvalue weighted by Crippen LogP contribution is 2.31. The summed E-state index contributed by atoms with van der Waals surface area (Å²) in [7, 11) is 1.62. The Morgan fingerprint density at radius 2 is 1.52 bits per heavy atom. The van der Waals surface area contributed by atoms with Crippen molar-refractivity contribution in [2.45, 2.75) is 55.0 Å². The van der Waals surface area contributed by atoms with Gasteiger partial charge in [0.25, 0.3) is 0 Å². The van der Waals surface area contributed by atoms with Gasteiger partial charge in [-0.05, 0) is 45.4 Å². The SMILES string of the molecule is CC(C)(S)[C@@H](N)C(=O)O.COc1ccc(CSC(C)(C)[C@@H](N)C(=O)O)cc1. The molecule has 6 N–H and O–H groups in total. The summed E-state index contributed by atoms with van der Waals surface area (Å²) in [6, 6.07) is 5.93. The molecule has 7 nitrogen and oxygen atoms in total. The van der Waals surface area contributed by atoms with E-state index in [9.17, 15) is 9.59 Å². The molecule has 0 spiro atoms. The first kappa shape index (κ1) is 25.6. The Balaban J connectivity index is 0.000000636. The van der Waals surface area contributed by atoms with Crippen molar-refractivity contribution in [2.75, 3.05) is 7.11 Å². The number of thioether (sulfide) groups is 1. The second-order valence-electron chi connectivity index (χ2n) is 7.03. The van der Waals surface area contributed by atoms with Crippen LogP contribution in [-0.4, -0.2) is 50.8 Å². The van der Waals surface area contributed by atoms with Crippen LogP contribution >= 0.6 is 24.4 Å². The lowest BCUT2D eigenvalue weighted by Gasteiger charge is -2.28. The van der Waals surface area contributed by atoms with Crippen molar-refractivity contribution in [2.24, 2.45) is 11.5 Å². The van der Waals surface area contributed by atoms with Crippen molar-refractivity contribution in [3.8, 4) is 5.75 Å². The molecule has 0 aliphatic rings. The maximum absolute atomic E-state index is 10.9. The summed E-state index contributed by atoms with van der Waals surface area (Å²) < 4.78 is 3.92. The minimum Gasteiger partial charge on any atom is -0.497 e. The summed E-state index contributed by atoms with van der Waals surface area (Å²) in [5, 5.41) is 17.3. The van der Waals surface area contributed by atoms with Crippen LogP contribution in [0.15, 0.2) is 24.3 Å². The Kier molecular flexibility index (Phi) is 10.2. The van der Waals surface area contributed by atoms with Gasteiger partial charge in [-0.25, -0.2) is 0 Å². The lowest BCUT2D eigenvalue weighted by atomic mass is 10.1. The van der Waals surface area contributed by atoms with Crippen LogP contribution in [0.1, 0.15) is 33.3 Å². The molecule has 0 saturated heterocycles. The van der Waals surface area contributed by atoms with Crippen LogP contribution in [0.25, 0.3) is 0 Å². The van der Waals surface area contributed by atoms with E-state index in [1.807, 2.05) is 38.1 Å². The molecule has 1 aromatic carbocycles. The Hall–Kier alpha value is -1.42. The van der Waals surface area contributed by atoms with Crippen LogP contribution in [0.4, 0.5) is 0 Å². The van der Waals surface area contributed by atoms with Crippen LogP contribution in [0.2, 0.25) is 0 Å². The predicted molar refractivity (Wildman–Crippen MR) is 113 cm³/mol. The van der Waals surface area contributed by atoms with Crippen LogP contribution in [-0.2, 0) is 15.3 Å². The first-order valence-corrected chi connectivity index (χ1v) is 9.61. The van der Waals surface area contributed by atoms with Gasteiger partial charge in [0.05, 0.1) is 7.11 Å². The molecule has 0 aromatic heterocycles. The molecule has 0 unspecified atom stereocenters. The van der Waals surface area contributed by atoms with E-state index in [2.05, 4.69) is 12.6 Å². The van der Waals surface area contributed by atoms with Crippen LogP contribution in [0.3, 0.4) is 0 Å². The summed E-state index contributed by atoms with van der Waals surface area (Å²) in [5.74, 6) is -0.458. The summed E-state index contributed by atoms with van der Waals surface area (Å²) in [6.45, 7) is 7.02. The molecular formula is C18H30N2O5S2. The van der Waals surface area contributed by atoms with E-state index in [0.717, 1.165) is 17.1 Å². The number of hydrogen-bond acceptors (Lipinski definition) is 7. The molecule has 0 radical (unpaired) electrons. The monoisotopic (exact) mass is 418 g/mol. The molecule has 0 fully saturated rings. The minimum atomic E-state index is -1.02. The standard InChI is InChI=1S/C13H19NO3S.C5H11NO2S/c1-13(2,11(14)12(15)16)18-8-9-4-6-10(17-3)7-5-9;1-5(2,9)3(6)4(7)8/h4-7,11H,8,14H2,1-3H3,(H,15,16);3,9H,6H2,1-2H3,(H,7,8)/t11-;3-/m00/s1. The van der Waals surface area contributed by atoms with E-state index >= 15 is 0 Å². The molecule has 0 saturated carbocycles. The van der Waals surface area contributed by atoms with Gasteiger partial charge in [-0.1, -0.05) is 12.1 Å². The Morgan fingerprint density at radius 3 is 1.81 bits per heavy atom. The first-order valence-electron chi connectivity index (χ1n) is 8.18. The average molecular weight is 419 g/mol. The number of hydrogen-bond donors (Lipinski definition) is 5. The molecule has 9 heteroatoms. The number of carboxylic acids is 2. The number of rotatable bonds is 8. The second-order valence-corrected chi connectivity index (χ2v) is 9.81. The molecule has 0 aliphatic heterocycles. The van der Waals surface area contributed by atoms with Crippen molar-refractivity contribution in [3.05, 3.63) is 29.8 Å². The number of carboxylic acid groups (broad SMARTS) is 2. The number of aliphatic carboxylic acids is 2. The van der Waals surface area contributed by atoms with Gasteiger partial charge in [0.1, 0.15) is 17.8 Å². The van der Waals surface area contributed by atoms with Crippen LogP contribution < -0.4 is 16.2 Å². The number of benzene rings is 1. The van der Waals surface area contributed by atoms with Gasteiger partial charge in [0, 0.05) is 15.2 Å². The molecule has 0 aliphatic carbocycles. The zero-order chi connectivity index (χ0) is 21.4. The predicted octanol–water partition coefficient (Wildman–Crippen LogP) is 2.23. The Labute approximate surface area is 170 Å². The maximum atomic E-state index is 10.9. The normalized spacial score (nSPS) is 13.8. The highest BCUT2D eigenvalue weighted by molar-refractivity contribution is 7.99. The van der Waals surface area contributed by atoms with E-state index < -0.39 is 33.5 Å². The largest absolute Gasteiger partial charge is 0.497 e. The van der Waals surface area contributed by atoms with Crippen molar-refractivity contribution in [3.63, 3.8) is 0 Å². The third-order valence-corrected chi connectivity index (χ3v) is 5.57. The minimum absolute atomic E-state index is 0.508. The van der Waals surface area contributed by atoms with E-state index in [1.165, 1.54) is 11.8 Å². The number of methoxy groups -OCH3 is 1. The molecule has 2 atom stereocenters. The lowest BCUT2D eigenvalue weighted by Crippen LogP contribution is -2.46. The topological polar surface area (TPSA) is 136 Å². The number of nitrogens with two attached hydrogens (primary N) is 2. The van der Waals surface area contributed by atoms with Crippen molar-refractivity contribution >= 4 is 36.3 Å². The summed E-state index contributed by atoms with van der Waals surface area (Å²) in [6.07, 6.45) is 0. The fourth-order valence-corrected chi connectivity index (χ4v) is 2.80. The van der Waals surface area contributed by atoms with E-state index in [4.69, 9.17) is 26.4 Å². The van der Waals surface area contributed by atoms with Crippen LogP contribution in [0.5, 0.6) is 5.75 Å². The number of thiol groups is 1. The highest BCUT2D eigenvalue weighted by Gasteiger charge is 2.32. The van der Waals surface area contributed by atoms with E-state index in [-0.39, 0.29) is 0 Å². The van der Waals surface area contributed by atoms with Gasteiger partial charge in [-0.15, -0.1) is 11.8 Å². The Bertz CT molecular complexity index is 615. The maximum Gasteiger partial charge on any atom is 0.321 e. The summed E-state index contributed by atoms with van der Waals surface area (Å²) >= 11 is 5.52. The fourth-order valence-electron chi connectivity index (χ4n) is 1.68. The molecule has 0 heterocycles. The molecule has 1 rings (SSSR count). The highest BCUT2D eigenvalue weighted by atomic mass is 32.2. The van der Waals surface area contributed by atoms with Gasteiger partial charge in [0.15, 0.2) is 0 Å². The zero-order valence-corrected chi connectivity index (χ0v) is 18.0. The summed E-state index contributed by atoms with van der Waals surface area (Å²) in [4.78, 5) is 21.1. The fraction of sp³-hybridized carbons (Fsp3) is 0.556. The smallest absolute Gasteiger partial charge is 0.321 e. The lowest BCUT2D eigenvalue weighted by molar-refractivity contribution is -0.140. The molecule has 0 bridgehead atoms. The molecule has 154 valence electrons. The average Bonchev–Trinajstić information content (AvgIpc) is 2.58. The van der Waals surface area contributed by atoms with Crippen molar-refractivity contribution in [1.29, 1.82) is 0 Å². The van der Waals surface area contributed by atoms with E-state index in [0.29, 0.717) is 0 Å². The third-order valence-electron chi connectivity index (χ3n) is 3.81. The van der Waals surface area contributed by atoms with Gasteiger partial charge in [-0.3, -0.25) is 9.59 Å². The van der Waals surface area contributed by atoms with Gasteiger partial charge in [0.2, 0.25) is 0 Å².